The first-order valence-corrected chi connectivity index (χ1v) is 11.5. The number of rotatable bonds is 8. The van der Waals surface area contributed by atoms with E-state index in [9.17, 15) is 4.79 Å². The zero-order valence-corrected chi connectivity index (χ0v) is 18.6. The van der Waals surface area contributed by atoms with Crippen LogP contribution in [0.3, 0.4) is 0 Å². The number of carbonyl (C=O) groups excluding carboxylic acids is 1. The van der Waals surface area contributed by atoms with Crippen molar-refractivity contribution in [2.45, 2.75) is 25.0 Å². The molecule has 6 nitrogen and oxygen atoms in total. The molecule has 1 amide bonds. The van der Waals surface area contributed by atoms with E-state index in [-0.39, 0.29) is 11.7 Å². The predicted molar refractivity (Wildman–Crippen MR) is 120 cm³/mol. The summed E-state index contributed by atoms with van der Waals surface area (Å²) in [6.07, 6.45) is 2.33. The van der Waals surface area contributed by atoms with Gasteiger partial charge in [0.05, 0.1) is 18.6 Å². The number of hydrogen-bond acceptors (Lipinski definition) is 6. The molecule has 3 aromatic heterocycles. The van der Waals surface area contributed by atoms with Gasteiger partial charge in [-0.1, -0.05) is 35.5 Å². The van der Waals surface area contributed by atoms with Crippen LogP contribution in [0.2, 0.25) is 5.02 Å². The van der Waals surface area contributed by atoms with Crippen LogP contribution in [0.5, 0.6) is 0 Å². The summed E-state index contributed by atoms with van der Waals surface area (Å²) in [6.45, 7) is 2.44. The molecular formula is C21H19ClN4O2S2. The number of carbonyl (C=O) groups is 1. The molecular weight excluding hydrogens is 440 g/mol. The lowest BCUT2D eigenvalue weighted by molar-refractivity contribution is -0.113. The summed E-state index contributed by atoms with van der Waals surface area (Å²) in [4.78, 5) is 13.7. The standard InChI is InChI=1S/C21H19ClN4O2S2/c1-14-6-7-15(22)10-18(14)23-20(27)13-30-21-25-24-19(11-17-5-3-9-29-17)26(21)12-16-4-2-8-28-16/h2-10H,11-13H2,1H3,(H,23,27). The Hall–Kier alpha value is -2.55. The summed E-state index contributed by atoms with van der Waals surface area (Å²) in [5.41, 5.74) is 1.67. The van der Waals surface area contributed by atoms with Gasteiger partial charge in [-0.05, 0) is 48.2 Å². The van der Waals surface area contributed by atoms with Crippen LogP contribution < -0.4 is 5.32 Å². The van der Waals surface area contributed by atoms with Crippen LogP contribution in [0.4, 0.5) is 5.69 Å². The van der Waals surface area contributed by atoms with Gasteiger partial charge >= 0.3 is 0 Å². The van der Waals surface area contributed by atoms with E-state index in [1.54, 1.807) is 29.7 Å². The minimum absolute atomic E-state index is 0.127. The monoisotopic (exact) mass is 458 g/mol. The lowest BCUT2D eigenvalue weighted by atomic mass is 10.2. The van der Waals surface area contributed by atoms with Crippen molar-refractivity contribution in [1.29, 1.82) is 0 Å². The number of thioether (sulfide) groups is 1. The van der Waals surface area contributed by atoms with E-state index in [2.05, 4.69) is 21.6 Å². The summed E-state index contributed by atoms with van der Waals surface area (Å²) in [5, 5.41) is 14.9. The van der Waals surface area contributed by atoms with Crippen molar-refractivity contribution < 1.29 is 9.21 Å². The van der Waals surface area contributed by atoms with Crippen molar-refractivity contribution in [2.75, 3.05) is 11.1 Å². The zero-order valence-electron chi connectivity index (χ0n) is 16.2. The predicted octanol–water partition coefficient (Wildman–Crippen LogP) is 5.26. The molecule has 0 saturated heterocycles. The highest BCUT2D eigenvalue weighted by Crippen LogP contribution is 2.24. The van der Waals surface area contributed by atoms with Gasteiger partial charge in [-0.3, -0.25) is 9.36 Å². The van der Waals surface area contributed by atoms with Crippen molar-refractivity contribution in [1.82, 2.24) is 14.8 Å². The third-order valence-electron chi connectivity index (χ3n) is 4.41. The fraction of sp³-hybridized carbons (Fsp3) is 0.190. The van der Waals surface area contributed by atoms with Crippen LogP contribution in [-0.4, -0.2) is 26.4 Å². The van der Waals surface area contributed by atoms with Gasteiger partial charge in [0.2, 0.25) is 5.91 Å². The molecule has 0 bridgehead atoms. The number of hydrogen-bond donors (Lipinski definition) is 1. The van der Waals surface area contributed by atoms with Gasteiger partial charge in [0.1, 0.15) is 11.6 Å². The van der Waals surface area contributed by atoms with Gasteiger partial charge < -0.3 is 9.73 Å². The second-order valence-electron chi connectivity index (χ2n) is 6.62. The lowest BCUT2D eigenvalue weighted by Crippen LogP contribution is -2.15. The first kappa shape index (κ1) is 20.7. The largest absolute Gasteiger partial charge is 0.467 e. The van der Waals surface area contributed by atoms with Crippen LogP contribution in [0, 0.1) is 6.92 Å². The molecule has 0 aliphatic carbocycles. The van der Waals surface area contributed by atoms with E-state index in [1.165, 1.54) is 16.6 Å². The molecule has 0 unspecified atom stereocenters. The van der Waals surface area contributed by atoms with Crippen molar-refractivity contribution in [2.24, 2.45) is 0 Å². The molecule has 1 N–H and O–H groups in total. The molecule has 0 saturated carbocycles. The summed E-state index contributed by atoms with van der Waals surface area (Å²) in [5.74, 6) is 1.73. The number of nitrogens with one attached hydrogen (secondary N) is 1. The number of nitrogens with zero attached hydrogens (tertiary/aromatic N) is 3. The summed E-state index contributed by atoms with van der Waals surface area (Å²) < 4.78 is 7.51. The average molecular weight is 459 g/mol. The van der Waals surface area contributed by atoms with Gasteiger partial charge in [-0.25, -0.2) is 0 Å². The lowest BCUT2D eigenvalue weighted by Gasteiger charge is -2.10. The summed E-state index contributed by atoms with van der Waals surface area (Å²) >= 11 is 9.06. The Morgan fingerprint density at radius 3 is 2.93 bits per heavy atom. The highest BCUT2D eigenvalue weighted by molar-refractivity contribution is 7.99. The van der Waals surface area contributed by atoms with E-state index in [1.807, 2.05) is 41.1 Å². The Kier molecular flexibility index (Phi) is 6.56. The third kappa shape index (κ3) is 5.13. The maximum absolute atomic E-state index is 12.5. The van der Waals surface area contributed by atoms with E-state index in [4.69, 9.17) is 16.0 Å². The van der Waals surface area contributed by atoms with Crippen LogP contribution in [0.15, 0.2) is 63.7 Å². The van der Waals surface area contributed by atoms with Crippen molar-refractivity contribution in [3.05, 3.63) is 81.2 Å². The van der Waals surface area contributed by atoms with Gasteiger partial charge in [-0.15, -0.1) is 21.5 Å². The Balaban J connectivity index is 1.48. The van der Waals surface area contributed by atoms with E-state index >= 15 is 0 Å². The van der Waals surface area contributed by atoms with Crippen LogP contribution in [-0.2, 0) is 17.8 Å². The number of halogens is 1. The Morgan fingerprint density at radius 1 is 1.27 bits per heavy atom. The number of aryl methyl sites for hydroxylation is 1. The minimum atomic E-state index is -0.127. The molecule has 30 heavy (non-hydrogen) atoms. The fourth-order valence-corrected chi connectivity index (χ4v) is 4.52. The number of aromatic nitrogens is 3. The molecule has 0 radical (unpaired) electrons. The number of amides is 1. The first-order valence-electron chi connectivity index (χ1n) is 9.24. The molecule has 0 fully saturated rings. The first-order chi connectivity index (χ1) is 14.6. The smallest absolute Gasteiger partial charge is 0.234 e. The number of thiophene rings is 1. The number of anilines is 1. The highest BCUT2D eigenvalue weighted by atomic mass is 35.5. The van der Waals surface area contributed by atoms with Gasteiger partial charge in [0.15, 0.2) is 5.16 Å². The van der Waals surface area contributed by atoms with Crippen molar-refractivity contribution in [3.8, 4) is 0 Å². The maximum atomic E-state index is 12.5. The number of benzene rings is 1. The van der Waals surface area contributed by atoms with Crippen molar-refractivity contribution in [3.63, 3.8) is 0 Å². The Labute approximate surface area is 187 Å². The van der Waals surface area contributed by atoms with Crippen molar-refractivity contribution >= 4 is 46.3 Å². The average Bonchev–Trinajstić information content (AvgIpc) is 3.48. The second-order valence-corrected chi connectivity index (χ2v) is 9.03. The van der Waals surface area contributed by atoms with Crippen LogP contribution in [0.25, 0.3) is 0 Å². The topological polar surface area (TPSA) is 73.0 Å². The summed E-state index contributed by atoms with van der Waals surface area (Å²) in [7, 11) is 0. The maximum Gasteiger partial charge on any atom is 0.234 e. The molecule has 0 atom stereocenters. The fourth-order valence-electron chi connectivity index (χ4n) is 2.89. The van der Waals surface area contributed by atoms with Gasteiger partial charge in [0.25, 0.3) is 0 Å². The molecule has 154 valence electrons. The molecule has 4 rings (SSSR count). The molecule has 4 aromatic rings. The van der Waals surface area contributed by atoms with E-state index in [0.717, 1.165) is 17.1 Å². The van der Waals surface area contributed by atoms with Gasteiger partial charge in [-0.2, -0.15) is 0 Å². The molecule has 1 aromatic carbocycles. The SMILES string of the molecule is Cc1ccc(Cl)cc1NC(=O)CSc1nnc(Cc2cccs2)n1Cc1ccco1. The minimum Gasteiger partial charge on any atom is -0.467 e. The molecule has 3 heterocycles. The molecule has 0 spiro atoms. The molecule has 9 heteroatoms. The van der Waals surface area contributed by atoms with Crippen LogP contribution in [0.1, 0.15) is 22.0 Å². The molecule has 0 aliphatic rings. The third-order valence-corrected chi connectivity index (χ3v) is 6.48. The zero-order chi connectivity index (χ0) is 20.9. The normalized spacial score (nSPS) is 11.0. The Bertz CT molecular complexity index is 1120. The highest BCUT2D eigenvalue weighted by Gasteiger charge is 2.17. The second kappa shape index (κ2) is 9.51. The van der Waals surface area contributed by atoms with E-state index in [0.29, 0.717) is 28.8 Å². The quantitative estimate of drug-likeness (QED) is 0.364. The Morgan fingerprint density at radius 2 is 2.17 bits per heavy atom. The summed E-state index contributed by atoms with van der Waals surface area (Å²) in [6, 6.07) is 13.3. The molecule has 0 aliphatic heterocycles. The van der Waals surface area contributed by atoms with Crippen LogP contribution >= 0.6 is 34.7 Å². The number of furan rings is 1. The van der Waals surface area contributed by atoms with Gasteiger partial charge in [0, 0.05) is 22.0 Å². The van der Waals surface area contributed by atoms with E-state index < -0.39 is 0 Å².